The van der Waals surface area contributed by atoms with E-state index >= 15 is 0 Å². The second-order valence-electron chi connectivity index (χ2n) is 8.44. The Labute approximate surface area is 180 Å². The Morgan fingerprint density at radius 2 is 2.00 bits per heavy atom. The van der Waals surface area contributed by atoms with Gasteiger partial charge in [0.2, 0.25) is 0 Å². The van der Waals surface area contributed by atoms with E-state index < -0.39 is 22.0 Å². The van der Waals surface area contributed by atoms with Crippen molar-refractivity contribution in [3.05, 3.63) is 34.4 Å². The number of nitrogens with zero attached hydrogens (tertiary/aromatic N) is 4. The van der Waals surface area contributed by atoms with E-state index in [1.165, 1.54) is 9.58 Å². The van der Waals surface area contributed by atoms with E-state index in [0.29, 0.717) is 24.7 Å². The van der Waals surface area contributed by atoms with Crippen molar-refractivity contribution < 1.29 is 18.0 Å². The number of rotatable bonds is 3. The lowest BCUT2D eigenvalue weighted by molar-refractivity contribution is 0.0738. The van der Waals surface area contributed by atoms with E-state index in [9.17, 15) is 18.0 Å². The summed E-state index contributed by atoms with van der Waals surface area (Å²) in [4.78, 5) is 31.2. The molecule has 1 unspecified atom stereocenters. The number of aromatic nitrogens is 3. The second-order valence-corrected chi connectivity index (χ2v) is 10.1. The number of anilines is 1. The van der Waals surface area contributed by atoms with Gasteiger partial charge in [-0.2, -0.15) is 5.10 Å². The second kappa shape index (κ2) is 7.04. The number of urea groups is 1. The molecular formula is C20H24N6O4S. The minimum absolute atomic E-state index is 0.0337. The summed E-state index contributed by atoms with van der Waals surface area (Å²) in [5.41, 5.74) is 4.65. The number of hydrogen-bond acceptors (Lipinski definition) is 6. The zero-order valence-electron chi connectivity index (χ0n) is 17.4. The van der Waals surface area contributed by atoms with E-state index in [1.54, 1.807) is 7.05 Å². The van der Waals surface area contributed by atoms with Crippen LogP contribution in [0.15, 0.2) is 11.1 Å². The Bertz CT molecular complexity index is 1220. The topological polar surface area (TPSA) is 126 Å². The Morgan fingerprint density at radius 3 is 2.81 bits per heavy atom. The van der Waals surface area contributed by atoms with Crippen LogP contribution in [0.3, 0.4) is 0 Å². The highest BCUT2D eigenvalue weighted by Gasteiger charge is 2.34. The van der Waals surface area contributed by atoms with Gasteiger partial charge in [0, 0.05) is 25.0 Å². The first-order chi connectivity index (χ1) is 14.8. The highest BCUT2D eigenvalue weighted by atomic mass is 32.2. The first-order valence-corrected chi connectivity index (χ1v) is 11.9. The molecule has 1 aliphatic heterocycles. The molecule has 5 rings (SSSR count). The number of hydrogen-bond donors (Lipinski definition) is 2. The molecule has 2 aromatic heterocycles. The number of carbonyl (C=O) groups is 2. The minimum Gasteiger partial charge on any atom is -0.338 e. The van der Waals surface area contributed by atoms with Crippen LogP contribution in [0.5, 0.6) is 0 Å². The van der Waals surface area contributed by atoms with E-state index in [4.69, 9.17) is 4.98 Å². The Balaban J connectivity index is 1.44. The Hall–Kier alpha value is -2.95. The smallest absolute Gasteiger partial charge is 0.333 e. The van der Waals surface area contributed by atoms with Crippen molar-refractivity contribution in [3.63, 3.8) is 0 Å². The van der Waals surface area contributed by atoms with Crippen LogP contribution >= 0.6 is 0 Å². The predicted octanol–water partition coefficient (Wildman–Crippen LogP) is 1.41. The molecule has 3 aliphatic rings. The summed E-state index contributed by atoms with van der Waals surface area (Å²) in [6.07, 6.45) is 5.51. The maximum Gasteiger partial charge on any atom is 0.333 e. The molecule has 0 aromatic carbocycles. The highest BCUT2D eigenvalue weighted by Crippen LogP contribution is 2.41. The summed E-state index contributed by atoms with van der Waals surface area (Å²) in [6.45, 7) is 2.95. The minimum atomic E-state index is -4.28. The van der Waals surface area contributed by atoms with Crippen molar-refractivity contribution in [3.8, 4) is 0 Å². The molecule has 1 atom stereocenters. The van der Waals surface area contributed by atoms with Crippen LogP contribution in [0.1, 0.15) is 58.7 Å². The van der Waals surface area contributed by atoms with Crippen LogP contribution in [0.2, 0.25) is 0 Å². The molecule has 2 aromatic rings. The van der Waals surface area contributed by atoms with Crippen LogP contribution in [0, 0.1) is 0 Å². The molecule has 3 amide bonds. The zero-order chi connectivity index (χ0) is 21.9. The lowest BCUT2D eigenvalue weighted by atomic mass is 10.0. The maximum absolute atomic E-state index is 12.9. The number of fused-ring (bicyclic) bond motifs is 3. The van der Waals surface area contributed by atoms with E-state index in [0.717, 1.165) is 60.8 Å². The number of likely N-dealkylation sites (N-methyl/N-ethyl adjacent to an activating group) is 1. The Kier molecular flexibility index (Phi) is 4.54. The van der Waals surface area contributed by atoms with Crippen molar-refractivity contribution in [2.75, 3.05) is 18.9 Å². The molecule has 2 N–H and O–H groups in total. The van der Waals surface area contributed by atoms with Gasteiger partial charge in [-0.25, -0.2) is 17.9 Å². The van der Waals surface area contributed by atoms with Crippen LogP contribution < -0.4 is 10.0 Å². The van der Waals surface area contributed by atoms with Crippen molar-refractivity contribution in [1.82, 2.24) is 24.4 Å². The number of aryl methyl sites for hydroxylation is 1. The molecule has 0 bridgehead atoms. The van der Waals surface area contributed by atoms with Gasteiger partial charge >= 0.3 is 6.03 Å². The number of nitrogens with one attached hydrogen (secondary N) is 2. The van der Waals surface area contributed by atoms with Gasteiger partial charge in [-0.3, -0.25) is 14.5 Å². The number of amides is 3. The molecule has 0 radical (unpaired) electrons. The quantitative estimate of drug-likeness (QED) is 0.737. The summed E-state index contributed by atoms with van der Waals surface area (Å²) in [7, 11) is -2.68. The average molecular weight is 445 g/mol. The number of pyridine rings is 1. The zero-order valence-corrected chi connectivity index (χ0v) is 18.3. The molecule has 2 aliphatic carbocycles. The normalized spacial score (nSPS) is 19.7. The molecule has 31 heavy (non-hydrogen) atoms. The third-order valence-electron chi connectivity index (χ3n) is 6.41. The van der Waals surface area contributed by atoms with Gasteiger partial charge < -0.3 is 10.2 Å². The fraction of sp³-hybridized carbons (Fsp3) is 0.500. The fourth-order valence-corrected chi connectivity index (χ4v) is 5.78. The average Bonchev–Trinajstić information content (AvgIpc) is 3.43. The fourth-order valence-electron chi connectivity index (χ4n) is 4.75. The number of sulfonamides is 1. The number of carbonyl (C=O) groups excluding carboxylic acids is 2. The van der Waals surface area contributed by atoms with Gasteiger partial charge in [-0.05, 0) is 49.1 Å². The van der Waals surface area contributed by atoms with Crippen LogP contribution in [-0.4, -0.2) is 53.6 Å². The standard InChI is InChI=1S/C20H24N6O4S/c1-11-6-7-13-16(11)22-14-5-3-4-12(14)17(13)23-20(28)24-31(29,30)15-10-21-26-9-8-25(2)19(27)18(15)26/h10-11H,3-9H2,1-2H3,(H2,22,23,24,28). The molecule has 10 nitrogen and oxygen atoms in total. The third kappa shape index (κ3) is 3.18. The summed E-state index contributed by atoms with van der Waals surface area (Å²) in [5, 5.41) is 6.80. The van der Waals surface area contributed by atoms with Crippen molar-refractivity contribution >= 4 is 27.6 Å². The van der Waals surface area contributed by atoms with Crippen molar-refractivity contribution in [1.29, 1.82) is 0 Å². The first kappa shape index (κ1) is 20.0. The monoisotopic (exact) mass is 444 g/mol. The third-order valence-corrected chi connectivity index (χ3v) is 7.74. The first-order valence-electron chi connectivity index (χ1n) is 10.5. The lowest BCUT2D eigenvalue weighted by Gasteiger charge is -2.24. The van der Waals surface area contributed by atoms with E-state index in [1.807, 2.05) is 0 Å². The predicted molar refractivity (Wildman–Crippen MR) is 112 cm³/mol. The van der Waals surface area contributed by atoms with Gasteiger partial charge in [0.1, 0.15) is 10.6 Å². The van der Waals surface area contributed by atoms with Gasteiger partial charge in [0.25, 0.3) is 15.9 Å². The molecule has 0 saturated heterocycles. The Morgan fingerprint density at radius 1 is 1.19 bits per heavy atom. The van der Waals surface area contributed by atoms with E-state index in [2.05, 4.69) is 22.1 Å². The molecule has 3 heterocycles. The van der Waals surface area contributed by atoms with Gasteiger partial charge in [-0.1, -0.05) is 6.92 Å². The van der Waals surface area contributed by atoms with Gasteiger partial charge in [0.05, 0.1) is 18.4 Å². The SMILES string of the molecule is CC1CCc2c1nc1c(c2NC(=O)NS(=O)(=O)c2cnn3c2C(=O)N(C)CC3)CCC1. The van der Waals surface area contributed by atoms with E-state index in [-0.39, 0.29) is 10.6 Å². The summed E-state index contributed by atoms with van der Waals surface area (Å²) in [5.74, 6) is -0.126. The maximum atomic E-state index is 12.9. The van der Waals surface area contributed by atoms with Crippen LogP contribution in [0.4, 0.5) is 10.5 Å². The summed E-state index contributed by atoms with van der Waals surface area (Å²) >= 11 is 0. The van der Waals surface area contributed by atoms with Gasteiger partial charge in [0.15, 0.2) is 0 Å². The molecule has 0 saturated carbocycles. The largest absolute Gasteiger partial charge is 0.338 e. The lowest BCUT2D eigenvalue weighted by Crippen LogP contribution is -2.40. The van der Waals surface area contributed by atoms with Crippen LogP contribution in [-0.2, 0) is 35.8 Å². The van der Waals surface area contributed by atoms with Gasteiger partial charge in [-0.15, -0.1) is 0 Å². The molecule has 11 heteroatoms. The molecule has 0 fully saturated rings. The molecule has 164 valence electrons. The van der Waals surface area contributed by atoms with Crippen LogP contribution in [0.25, 0.3) is 0 Å². The summed E-state index contributed by atoms with van der Waals surface area (Å²) in [6, 6.07) is -0.849. The molecular weight excluding hydrogens is 420 g/mol. The van der Waals surface area contributed by atoms with Crippen molar-refractivity contribution in [2.45, 2.75) is 56.4 Å². The van der Waals surface area contributed by atoms with Crippen molar-refractivity contribution in [2.24, 2.45) is 0 Å². The molecule has 0 spiro atoms. The summed E-state index contributed by atoms with van der Waals surface area (Å²) < 4.78 is 29.3. The highest BCUT2D eigenvalue weighted by molar-refractivity contribution is 7.90.